The van der Waals surface area contributed by atoms with Gasteiger partial charge in [0.15, 0.2) is 5.75 Å². The average Bonchev–Trinajstić information content (AvgIpc) is 2.45. The molecule has 110 valence electrons. The summed E-state index contributed by atoms with van der Waals surface area (Å²) in [5.41, 5.74) is 1.45. The molecule has 0 saturated heterocycles. The molecule has 0 saturated carbocycles. The molecule has 1 heterocycles. The van der Waals surface area contributed by atoms with Crippen molar-refractivity contribution in [3.8, 4) is 5.75 Å². The number of rotatable bonds is 5. The molecule has 1 atom stereocenters. The fourth-order valence-electron chi connectivity index (χ4n) is 2.20. The Morgan fingerprint density at radius 1 is 1.50 bits per heavy atom. The molecule has 0 fully saturated rings. The maximum Gasteiger partial charge on any atom is 0.338 e. The Labute approximate surface area is 133 Å². The van der Waals surface area contributed by atoms with Crippen molar-refractivity contribution in [3.05, 3.63) is 21.3 Å². The van der Waals surface area contributed by atoms with E-state index in [0.717, 1.165) is 28.0 Å². The monoisotopic (exact) mass is 389 g/mol. The first-order valence-corrected chi connectivity index (χ1v) is 8.14. The summed E-state index contributed by atoms with van der Waals surface area (Å²) in [6.07, 6.45) is 3.60. The van der Waals surface area contributed by atoms with E-state index in [0.29, 0.717) is 12.2 Å². The van der Waals surface area contributed by atoms with Gasteiger partial charge in [0.05, 0.1) is 28.0 Å². The van der Waals surface area contributed by atoms with Crippen LogP contribution in [-0.4, -0.2) is 25.2 Å². The zero-order chi connectivity index (χ0) is 14.5. The highest BCUT2D eigenvalue weighted by atomic mass is 127. The summed E-state index contributed by atoms with van der Waals surface area (Å²) in [5.74, 6) is 0.564. The number of fused-ring (bicyclic) bond motifs is 1. The van der Waals surface area contributed by atoms with Crippen LogP contribution in [0.4, 0.5) is 5.69 Å². The van der Waals surface area contributed by atoms with Crippen LogP contribution < -0.4 is 10.1 Å². The lowest BCUT2D eigenvalue weighted by Crippen LogP contribution is -2.31. The van der Waals surface area contributed by atoms with Crippen molar-refractivity contribution in [1.82, 2.24) is 0 Å². The number of ether oxygens (including phenoxy) is 2. The third kappa shape index (κ3) is 3.56. The van der Waals surface area contributed by atoms with Crippen LogP contribution in [0.5, 0.6) is 5.75 Å². The van der Waals surface area contributed by atoms with Gasteiger partial charge in [-0.15, -0.1) is 0 Å². The standard InChI is InChI=1S/C15H20INO3/c1-3-5-6-11-9-17-13-8-10(15(18)19-4-2)7-12(16)14(13)20-11/h7-8,11,17H,3-6,9H2,1-2H3. The number of benzene rings is 1. The van der Waals surface area contributed by atoms with Crippen LogP contribution in [0.15, 0.2) is 12.1 Å². The fourth-order valence-corrected chi connectivity index (χ4v) is 2.95. The van der Waals surface area contributed by atoms with Crippen LogP contribution in [0.1, 0.15) is 43.5 Å². The maximum absolute atomic E-state index is 11.8. The van der Waals surface area contributed by atoms with Gasteiger partial charge < -0.3 is 14.8 Å². The Morgan fingerprint density at radius 3 is 3.00 bits per heavy atom. The smallest absolute Gasteiger partial charge is 0.338 e. The van der Waals surface area contributed by atoms with Gasteiger partial charge in [-0.25, -0.2) is 4.79 Å². The Bertz CT molecular complexity index is 490. The van der Waals surface area contributed by atoms with Crippen molar-refractivity contribution in [2.24, 2.45) is 0 Å². The molecule has 0 radical (unpaired) electrons. The van der Waals surface area contributed by atoms with E-state index < -0.39 is 0 Å². The van der Waals surface area contributed by atoms with Crippen molar-refractivity contribution in [1.29, 1.82) is 0 Å². The highest BCUT2D eigenvalue weighted by Gasteiger charge is 2.23. The number of hydrogen-bond acceptors (Lipinski definition) is 4. The molecule has 0 aliphatic carbocycles. The summed E-state index contributed by atoms with van der Waals surface area (Å²) >= 11 is 2.21. The number of anilines is 1. The van der Waals surface area contributed by atoms with Gasteiger partial charge in [0.1, 0.15) is 6.10 Å². The van der Waals surface area contributed by atoms with Gasteiger partial charge in [0, 0.05) is 0 Å². The highest BCUT2D eigenvalue weighted by molar-refractivity contribution is 14.1. The molecule has 20 heavy (non-hydrogen) atoms. The van der Waals surface area contributed by atoms with Crippen LogP contribution >= 0.6 is 22.6 Å². The number of carbonyl (C=O) groups is 1. The molecule has 0 aromatic heterocycles. The molecule has 2 rings (SSSR count). The normalized spacial score (nSPS) is 16.9. The summed E-state index contributed by atoms with van der Waals surface area (Å²) < 4.78 is 12.0. The van der Waals surface area contributed by atoms with Crippen LogP contribution in [0.25, 0.3) is 0 Å². The third-order valence-electron chi connectivity index (χ3n) is 3.24. The third-order valence-corrected chi connectivity index (χ3v) is 4.04. The maximum atomic E-state index is 11.8. The summed E-state index contributed by atoms with van der Waals surface area (Å²) in [7, 11) is 0. The zero-order valence-corrected chi connectivity index (χ0v) is 14.0. The van der Waals surface area contributed by atoms with E-state index >= 15 is 0 Å². The van der Waals surface area contributed by atoms with Gasteiger partial charge in [0.2, 0.25) is 0 Å². The first kappa shape index (κ1) is 15.4. The van der Waals surface area contributed by atoms with Crippen molar-refractivity contribution in [3.63, 3.8) is 0 Å². The van der Waals surface area contributed by atoms with E-state index in [2.05, 4.69) is 34.8 Å². The van der Waals surface area contributed by atoms with Crippen LogP contribution in [0.3, 0.4) is 0 Å². The average molecular weight is 389 g/mol. The lowest BCUT2D eigenvalue weighted by molar-refractivity contribution is 0.0526. The largest absolute Gasteiger partial charge is 0.485 e. The van der Waals surface area contributed by atoms with Crippen molar-refractivity contribution in [2.45, 2.75) is 39.2 Å². The minimum Gasteiger partial charge on any atom is -0.485 e. The van der Waals surface area contributed by atoms with E-state index in [9.17, 15) is 4.79 Å². The summed E-state index contributed by atoms with van der Waals surface area (Å²) in [4.78, 5) is 11.8. The second-order valence-corrected chi connectivity index (χ2v) is 5.98. The van der Waals surface area contributed by atoms with E-state index in [-0.39, 0.29) is 12.1 Å². The van der Waals surface area contributed by atoms with Gasteiger partial charge in [-0.3, -0.25) is 0 Å². The SMILES string of the molecule is CCCCC1CNc2cc(C(=O)OCC)cc(I)c2O1. The molecule has 0 spiro atoms. The molecule has 1 aromatic rings. The molecule has 0 bridgehead atoms. The van der Waals surface area contributed by atoms with Crippen molar-refractivity contribution in [2.75, 3.05) is 18.5 Å². The van der Waals surface area contributed by atoms with Crippen molar-refractivity contribution < 1.29 is 14.3 Å². The van der Waals surface area contributed by atoms with E-state index in [1.54, 1.807) is 6.92 Å². The number of carbonyl (C=O) groups excluding carboxylic acids is 1. The fraction of sp³-hybridized carbons (Fsp3) is 0.533. The van der Waals surface area contributed by atoms with Crippen LogP contribution in [0.2, 0.25) is 0 Å². The minimum atomic E-state index is -0.289. The zero-order valence-electron chi connectivity index (χ0n) is 11.9. The predicted molar refractivity (Wildman–Crippen MR) is 87.5 cm³/mol. The molecule has 4 nitrogen and oxygen atoms in total. The lowest BCUT2D eigenvalue weighted by atomic mass is 10.1. The molecule has 1 aliphatic heterocycles. The van der Waals surface area contributed by atoms with Crippen molar-refractivity contribution >= 4 is 34.2 Å². The van der Waals surface area contributed by atoms with E-state index in [1.165, 1.54) is 12.8 Å². The first-order chi connectivity index (χ1) is 9.65. The molecular weight excluding hydrogens is 369 g/mol. The predicted octanol–water partition coefficient (Wildman–Crippen LogP) is 3.83. The topological polar surface area (TPSA) is 47.6 Å². The Hall–Kier alpha value is -0.980. The van der Waals surface area contributed by atoms with Gasteiger partial charge in [0.25, 0.3) is 0 Å². The molecule has 1 N–H and O–H groups in total. The number of hydrogen-bond donors (Lipinski definition) is 1. The Morgan fingerprint density at radius 2 is 2.30 bits per heavy atom. The molecule has 1 aromatic carbocycles. The number of nitrogens with one attached hydrogen (secondary N) is 1. The molecule has 0 amide bonds. The number of halogens is 1. The van der Waals surface area contributed by atoms with Gasteiger partial charge in [-0.05, 0) is 54.5 Å². The Kier molecular flexibility index (Phi) is 5.51. The second-order valence-electron chi connectivity index (χ2n) is 4.82. The first-order valence-electron chi connectivity index (χ1n) is 7.06. The number of esters is 1. The Balaban J connectivity index is 2.16. The molecule has 1 aliphatic rings. The minimum absolute atomic E-state index is 0.212. The van der Waals surface area contributed by atoms with Gasteiger partial charge in [-0.2, -0.15) is 0 Å². The molecule has 5 heteroatoms. The summed E-state index contributed by atoms with van der Waals surface area (Å²) in [6, 6.07) is 3.63. The summed E-state index contributed by atoms with van der Waals surface area (Å²) in [5, 5.41) is 3.36. The summed E-state index contributed by atoms with van der Waals surface area (Å²) in [6.45, 7) is 5.16. The van der Waals surface area contributed by atoms with E-state index in [1.807, 2.05) is 12.1 Å². The molecular formula is C15H20INO3. The highest BCUT2D eigenvalue weighted by Crippen LogP contribution is 2.36. The number of unbranched alkanes of at least 4 members (excludes halogenated alkanes) is 1. The van der Waals surface area contributed by atoms with Gasteiger partial charge >= 0.3 is 5.97 Å². The quantitative estimate of drug-likeness (QED) is 0.614. The second kappa shape index (κ2) is 7.15. The van der Waals surface area contributed by atoms with Gasteiger partial charge in [-0.1, -0.05) is 13.3 Å². The van der Waals surface area contributed by atoms with Crippen LogP contribution in [0, 0.1) is 3.57 Å². The van der Waals surface area contributed by atoms with Crippen LogP contribution in [-0.2, 0) is 4.74 Å². The van der Waals surface area contributed by atoms with E-state index in [4.69, 9.17) is 9.47 Å². The lowest BCUT2D eigenvalue weighted by Gasteiger charge is -2.28. The molecule has 1 unspecified atom stereocenters.